The molecule has 0 fully saturated rings. The maximum atomic E-state index is 9.37. The van der Waals surface area contributed by atoms with Gasteiger partial charge in [-0.2, -0.15) is 0 Å². The fraction of sp³-hybridized carbons (Fsp3) is 0. The molecule has 0 radical (unpaired) electrons. The summed E-state index contributed by atoms with van der Waals surface area (Å²) < 4.78 is 34.5. The third kappa shape index (κ3) is 2.22. The lowest BCUT2D eigenvalue weighted by Gasteiger charge is -2.04. The van der Waals surface area contributed by atoms with Gasteiger partial charge in [-0.25, -0.2) is 0 Å². The molecule has 3 aromatic carbocycles. The SMILES string of the molecule is [2H]c1c([2H])c(-c2ccc3c(c2)sc2ccccc23)c([2H])c([2H])c1B(O)O. The molecule has 2 nitrogen and oxygen atoms in total. The van der Waals surface area contributed by atoms with E-state index in [0.29, 0.717) is 5.56 Å². The van der Waals surface area contributed by atoms with Crippen molar-refractivity contribution < 1.29 is 15.5 Å². The molecule has 0 saturated heterocycles. The van der Waals surface area contributed by atoms with E-state index in [4.69, 9.17) is 5.48 Å². The predicted octanol–water partition coefficient (Wildman–Crippen LogP) is 3.40. The van der Waals surface area contributed by atoms with Crippen molar-refractivity contribution in [2.75, 3.05) is 0 Å². The molecule has 4 heteroatoms. The first-order chi connectivity index (χ1) is 12.4. The minimum absolute atomic E-state index is 0.156. The summed E-state index contributed by atoms with van der Waals surface area (Å²) in [5.41, 5.74) is 0.315. The Balaban J connectivity index is 1.99. The monoisotopic (exact) mass is 308 g/mol. The van der Waals surface area contributed by atoms with E-state index in [9.17, 15) is 10.0 Å². The van der Waals surface area contributed by atoms with Crippen molar-refractivity contribution in [3.63, 3.8) is 0 Å². The summed E-state index contributed by atoms with van der Waals surface area (Å²) in [5.74, 6) is 0. The molecule has 0 atom stereocenters. The van der Waals surface area contributed by atoms with Crippen molar-refractivity contribution in [1.82, 2.24) is 0 Å². The number of rotatable bonds is 2. The van der Waals surface area contributed by atoms with Crippen LogP contribution in [-0.4, -0.2) is 17.2 Å². The molecule has 2 N–H and O–H groups in total. The maximum absolute atomic E-state index is 9.37. The van der Waals surface area contributed by atoms with Crippen LogP contribution in [0.3, 0.4) is 0 Å². The number of fused-ring (bicyclic) bond motifs is 3. The topological polar surface area (TPSA) is 40.5 Å². The Labute approximate surface area is 138 Å². The van der Waals surface area contributed by atoms with Gasteiger partial charge in [0.05, 0.1) is 5.48 Å². The number of hydrogen-bond acceptors (Lipinski definition) is 3. The van der Waals surface area contributed by atoms with Gasteiger partial charge in [0.2, 0.25) is 0 Å². The fourth-order valence-corrected chi connectivity index (χ4v) is 3.62. The summed E-state index contributed by atoms with van der Waals surface area (Å²) in [7, 11) is -2.05. The lowest BCUT2D eigenvalue weighted by atomic mass is 9.80. The van der Waals surface area contributed by atoms with Crippen molar-refractivity contribution in [3.05, 3.63) is 66.6 Å². The highest BCUT2D eigenvalue weighted by molar-refractivity contribution is 7.25. The van der Waals surface area contributed by atoms with Gasteiger partial charge in [0.1, 0.15) is 0 Å². The quantitative estimate of drug-likeness (QED) is 0.557. The fourth-order valence-electron chi connectivity index (χ4n) is 2.48. The van der Waals surface area contributed by atoms with Crippen molar-refractivity contribution >= 4 is 44.1 Å². The van der Waals surface area contributed by atoms with Crippen molar-refractivity contribution in [3.8, 4) is 11.1 Å². The van der Waals surface area contributed by atoms with E-state index in [0.717, 1.165) is 20.2 Å². The van der Waals surface area contributed by atoms with Crippen molar-refractivity contribution in [2.45, 2.75) is 0 Å². The largest absolute Gasteiger partial charge is 0.488 e. The van der Waals surface area contributed by atoms with Gasteiger partial charge in [-0.05, 0) is 28.7 Å². The molecule has 0 saturated carbocycles. The highest BCUT2D eigenvalue weighted by Crippen LogP contribution is 2.35. The zero-order chi connectivity index (χ0) is 18.6. The van der Waals surface area contributed by atoms with Crippen LogP contribution in [0.25, 0.3) is 31.3 Å². The first-order valence-electron chi connectivity index (χ1n) is 8.78. The smallest absolute Gasteiger partial charge is 0.423 e. The Bertz CT molecular complexity index is 1140. The standard InChI is InChI=1S/C18H13BO2S/c20-19(21)14-8-5-12(6-9-14)13-7-10-16-15-3-1-2-4-17(15)22-18(16)11-13/h1-11,20-21H/i5D,6D,8D,9D. The Morgan fingerprint density at radius 1 is 0.818 bits per heavy atom. The minimum Gasteiger partial charge on any atom is -0.423 e. The molecular formula is C18H13BO2S. The Morgan fingerprint density at radius 2 is 1.55 bits per heavy atom. The molecule has 0 aliphatic heterocycles. The van der Waals surface area contributed by atoms with Crippen LogP contribution < -0.4 is 5.46 Å². The highest BCUT2D eigenvalue weighted by Gasteiger charge is 2.11. The van der Waals surface area contributed by atoms with Crippen LogP contribution in [0.4, 0.5) is 0 Å². The van der Waals surface area contributed by atoms with Crippen LogP contribution >= 0.6 is 11.3 Å². The molecule has 22 heavy (non-hydrogen) atoms. The van der Waals surface area contributed by atoms with Gasteiger partial charge >= 0.3 is 7.12 Å². The van der Waals surface area contributed by atoms with Crippen LogP contribution in [-0.2, 0) is 0 Å². The molecule has 0 aliphatic rings. The minimum atomic E-state index is -2.05. The van der Waals surface area contributed by atoms with Gasteiger partial charge in [-0.3, -0.25) is 0 Å². The zero-order valence-corrected chi connectivity index (χ0v) is 12.2. The Kier molecular flexibility index (Phi) is 2.34. The van der Waals surface area contributed by atoms with Crippen LogP contribution in [0, 0.1) is 0 Å². The van der Waals surface area contributed by atoms with Crippen LogP contribution in [0.2, 0.25) is 0 Å². The van der Waals surface area contributed by atoms with E-state index in [1.54, 1.807) is 17.4 Å². The molecule has 1 aromatic heterocycles. The molecule has 0 aliphatic carbocycles. The molecule has 1 heterocycles. The van der Waals surface area contributed by atoms with Crippen LogP contribution in [0.5, 0.6) is 0 Å². The van der Waals surface area contributed by atoms with Gasteiger partial charge in [-0.1, -0.05) is 54.5 Å². The average Bonchev–Trinajstić information content (AvgIpc) is 2.98. The summed E-state index contributed by atoms with van der Waals surface area (Å²) in [6.45, 7) is 0. The third-order valence-electron chi connectivity index (χ3n) is 3.57. The molecule has 4 aromatic rings. The predicted molar refractivity (Wildman–Crippen MR) is 94.6 cm³/mol. The number of benzene rings is 3. The van der Waals surface area contributed by atoms with Crippen LogP contribution in [0.1, 0.15) is 5.48 Å². The molecular weight excluding hydrogens is 291 g/mol. The lowest BCUT2D eigenvalue weighted by Crippen LogP contribution is -2.29. The molecule has 0 spiro atoms. The summed E-state index contributed by atoms with van der Waals surface area (Å²) in [6, 6.07) is 12.1. The second-order valence-corrected chi connectivity index (χ2v) is 6.06. The normalized spacial score (nSPS) is 13.7. The first-order valence-corrected chi connectivity index (χ1v) is 7.60. The van der Waals surface area contributed by atoms with Crippen molar-refractivity contribution in [2.24, 2.45) is 0 Å². The van der Waals surface area contributed by atoms with Gasteiger partial charge < -0.3 is 10.0 Å². The Morgan fingerprint density at radius 3 is 2.32 bits per heavy atom. The molecule has 106 valence electrons. The molecule has 0 unspecified atom stereocenters. The van der Waals surface area contributed by atoms with E-state index in [1.807, 2.05) is 36.4 Å². The van der Waals surface area contributed by atoms with E-state index in [-0.39, 0.29) is 17.6 Å². The number of thiophene rings is 1. The van der Waals surface area contributed by atoms with Crippen LogP contribution in [0.15, 0.2) is 66.6 Å². The van der Waals surface area contributed by atoms with Gasteiger partial charge in [-0.15, -0.1) is 11.3 Å². The summed E-state index contributed by atoms with van der Waals surface area (Å²) in [6.07, 6.45) is 0. The third-order valence-corrected chi connectivity index (χ3v) is 4.70. The second-order valence-electron chi connectivity index (χ2n) is 4.97. The van der Waals surface area contributed by atoms with E-state index < -0.39 is 24.7 Å². The van der Waals surface area contributed by atoms with E-state index in [1.165, 1.54) is 0 Å². The van der Waals surface area contributed by atoms with E-state index >= 15 is 0 Å². The van der Waals surface area contributed by atoms with E-state index in [2.05, 4.69) is 0 Å². The summed E-state index contributed by atoms with van der Waals surface area (Å²) >= 11 is 1.60. The first kappa shape index (κ1) is 9.80. The molecule has 4 rings (SSSR count). The van der Waals surface area contributed by atoms with Gasteiger partial charge in [0.25, 0.3) is 0 Å². The zero-order valence-electron chi connectivity index (χ0n) is 15.4. The number of hydrogen-bond donors (Lipinski definition) is 2. The highest BCUT2D eigenvalue weighted by atomic mass is 32.1. The summed E-state index contributed by atoms with van der Waals surface area (Å²) in [5, 5.41) is 20.9. The van der Waals surface area contributed by atoms with Crippen molar-refractivity contribution in [1.29, 1.82) is 0 Å². The van der Waals surface area contributed by atoms with Gasteiger partial charge in [0.15, 0.2) is 0 Å². The molecule has 0 bridgehead atoms. The summed E-state index contributed by atoms with van der Waals surface area (Å²) in [4.78, 5) is 0. The molecule has 0 amide bonds. The lowest BCUT2D eigenvalue weighted by molar-refractivity contribution is 0.426. The second kappa shape index (κ2) is 5.25. The maximum Gasteiger partial charge on any atom is 0.488 e. The average molecular weight is 308 g/mol. The van der Waals surface area contributed by atoms with Gasteiger partial charge in [0, 0.05) is 20.2 Å². The Hall–Kier alpha value is -2.14.